The quantitative estimate of drug-likeness (QED) is 0.764. The fourth-order valence-corrected chi connectivity index (χ4v) is 2.74. The van der Waals surface area contributed by atoms with E-state index in [0.29, 0.717) is 6.54 Å². The number of carbonyl (C=O) groups is 2. The lowest BCUT2D eigenvalue weighted by Gasteiger charge is -2.40. The van der Waals surface area contributed by atoms with Gasteiger partial charge in [0.05, 0.1) is 5.41 Å². The summed E-state index contributed by atoms with van der Waals surface area (Å²) in [6.07, 6.45) is 5.59. The number of aliphatic carboxylic acids is 1. The van der Waals surface area contributed by atoms with E-state index in [2.05, 4.69) is 11.6 Å². The SMILES string of the molecule is CSC1(CNC(=O)CC(C)(C)C(=O)O)CCC1. The Kier molecular flexibility index (Phi) is 4.47. The monoisotopic (exact) mass is 259 g/mol. The topological polar surface area (TPSA) is 66.4 Å². The van der Waals surface area contributed by atoms with Crippen LogP contribution in [-0.2, 0) is 9.59 Å². The lowest BCUT2D eigenvalue weighted by Crippen LogP contribution is -2.46. The molecular formula is C12H21NO3S. The van der Waals surface area contributed by atoms with Crippen molar-refractivity contribution >= 4 is 23.6 Å². The Hall–Kier alpha value is -0.710. The standard InChI is InChI=1S/C12H21NO3S/c1-11(2,10(15)16)7-9(14)13-8-12(17-3)5-4-6-12/h4-8H2,1-3H3,(H,13,14)(H,15,16). The molecule has 0 heterocycles. The van der Waals surface area contributed by atoms with Crippen molar-refractivity contribution < 1.29 is 14.7 Å². The van der Waals surface area contributed by atoms with E-state index in [9.17, 15) is 9.59 Å². The van der Waals surface area contributed by atoms with Crippen molar-refractivity contribution in [3.63, 3.8) is 0 Å². The highest BCUT2D eigenvalue weighted by molar-refractivity contribution is 8.00. The second kappa shape index (κ2) is 5.29. The van der Waals surface area contributed by atoms with Crippen LogP contribution in [0.2, 0.25) is 0 Å². The second-order valence-electron chi connectivity index (χ2n) is 5.38. The van der Waals surface area contributed by atoms with Crippen LogP contribution >= 0.6 is 11.8 Å². The largest absolute Gasteiger partial charge is 0.481 e. The van der Waals surface area contributed by atoms with Gasteiger partial charge < -0.3 is 10.4 Å². The molecule has 98 valence electrons. The minimum atomic E-state index is -0.990. The van der Waals surface area contributed by atoms with Crippen molar-refractivity contribution in [1.29, 1.82) is 0 Å². The summed E-state index contributed by atoms with van der Waals surface area (Å²) < 4.78 is 0.197. The average molecular weight is 259 g/mol. The predicted octanol–water partition coefficient (Wildman–Crippen LogP) is 1.89. The van der Waals surface area contributed by atoms with Gasteiger partial charge in [0.15, 0.2) is 0 Å². The van der Waals surface area contributed by atoms with Gasteiger partial charge in [-0.15, -0.1) is 0 Å². The number of nitrogens with one attached hydrogen (secondary N) is 1. The van der Waals surface area contributed by atoms with Crippen molar-refractivity contribution in [2.75, 3.05) is 12.8 Å². The molecule has 0 atom stereocenters. The molecule has 1 rings (SSSR count). The smallest absolute Gasteiger partial charge is 0.309 e. The summed E-state index contributed by atoms with van der Waals surface area (Å²) in [6, 6.07) is 0. The van der Waals surface area contributed by atoms with Crippen LogP contribution in [0.4, 0.5) is 0 Å². The normalized spacial score (nSPS) is 18.3. The Morgan fingerprint density at radius 3 is 2.35 bits per heavy atom. The van der Waals surface area contributed by atoms with E-state index in [4.69, 9.17) is 5.11 Å². The van der Waals surface area contributed by atoms with Gasteiger partial charge in [-0.25, -0.2) is 0 Å². The second-order valence-corrected chi connectivity index (χ2v) is 6.66. The van der Waals surface area contributed by atoms with E-state index in [0.717, 1.165) is 12.8 Å². The number of carbonyl (C=O) groups excluding carboxylic acids is 1. The molecule has 1 aliphatic carbocycles. The first kappa shape index (κ1) is 14.4. The van der Waals surface area contributed by atoms with Gasteiger partial charge in [-0.05, 0) is 32.9 Å². The van der Waals surface area contributed by atoms with E-state index < -0.39 is 11.4 Å². The average Bonchev–Trinajstić information content (AvgIpc) is 2.15. The van der Waals surface area contributed by atoms with Crippen LogP contribution in [0.15, 0.2) is 0 Å². The van der Waals surface area contributed by atoms with E-state index >= 15 is 0 Å². The molecule has 0 saturated heterocycles. The molecule has 0 radical (unpaired) electrons. The first-order valence-electron chi connectivity index (χ1n) is 5.87. The molecule has 0 aromatic carbocycles. The van der Waals surface area contributed by atoms with Gasteiger partial charge in [0.1, 0.15) is 0 Å². The van der Waals surface area contributed by atoms with Crippen LogP contribution in [0.25, 0.3) is 0 Å². The first-order chi connectivity index (χ1) is 7.81. The molecule has 0 unspecified atom stereocenters. The Morgan fingerprint density at radius 2 is 2.00 bits per heavy atom. The number of thioether (sulfide) groups is 1. The van der Waals surface area contributed by atoms with E-state index in [1.807, 2.05) is 0 Å². The van der Waals surface area contributed by atoms with Crippen molar-refractivity contribution in [2.24, 2.45) is 5.41 Å². The summed E-state index contributed by atoms with van der Waals surface area (Å²) in [5.41, 5.74) is -0.990. The molecule has 0 aliphatic heterocycles. The Morgan fingerprint density at radius 1 is 1.41 bits per heavy atom. The maximum atomic E-state index is 11.7. The van der Waals surface area contributed by atoms with Crippen LogP contribution in [0.5, 0.6) is 0 Å². The van der Waals surface area contributed by atoms with Crippen LogP contribution in [0.3, 0.4) is 0 Å². The highest BCUT2D eigenvalue weighted by Crippen LogP contribution is 2.42. The zero-order chi connectivity index (χ0) is 13.1. The van der Waals surface area contributed by atoms with Gasteiger partial charge in [-0.3, -0.25) is 9.59 Å². The predicted molar refractivity (Wildman–Crippen MR) is 69.1 cm³/mol. The number of hydrogen-bond acceptors (Lipinski definition) is 3. The summed E-state index contributed by atoms with van der Waals surface area (Å²) in [5.74, 6) is -1.10. The molecule has 1 amide bonds. The number of carboxylic acid groups (broad SMARTS) is 1. The molecule has 0 bridgehead atoms. The molecule has 2 N–H and O–H groups in total. The van der Waals surface area contributed by atoms with Crippen molar-refractivity contribution in [3.8, 4) is 0 Å². The van der Waals surface area contributed by atoms with E-state index in [1.165, 1.54) is 6.42 Å². The third-order valence-electron chi connectivity index (χ3n) is 3.49. The lowest BCUT2D eigenvalue weighted by molar-refractivity contribution is -0.149. The summed E-state index contributed by atoms with van der Waals surface area (Å²) >= 11 is 1.79. The van der Waals surface area contributed by atoms with Gasteiger partial charge in [0, 0.05) is 17.7 Å². The molecule has 0 aromatic heterocycles. The molecule has 1 saturated carbocycles. The summed E-state index contributed by atoms with van der Waals surface area (Å²) in [4.78, 5) is 22.6. The first-order valence-corrected chi connectivity index (χ1v) is 7.09. The summed E-state index contributed by atoms with van der Waals surface area (Å²) in [7, 11) is 0. The molecular weight excluding hydrogens is 238 g/mol. The Labute approximate surface area is 107 Å². The third-order valence-corrected chi connectivity index (χ3v) is 4.91. The molecule has 1 aliphatic rings. The van der Waals surface area contributed by atoms with Gasteiger partial charge >= 0.3 is 5.97 Å². The molecule has 0 aromatic rings. The van der Waals surface area contributed by atoms with Crippen LogP contribution < -0.4 is 5.32 Å². The molecule has 5 heteroatoms. The Bertz CT molecular complexity index is 305. The Balaban J connectivity index is 2.38. The van der Waals surface area contributed by atoms with Gasteiger partial charge in [0.25, 0.3) is 0 Å². The maximum Gasteiger partial charge on any atom is 0.309 e. The number of carboxylic acids is 1. The highest BCUT2D eigenvalue weighted by atomic mass is 32.2. The van der Waals surface area contributed by atoms with Crippen LogP contribution in [0, 0.1) is 5.41 Å². The number of hydrogen-bond donors (Lipinski definition) is 2. The van der Waals surface area contributed by atoms with E-state index in [1.54, 1.807) is 25.6 Å². The van der Waals surface area contributed by atoms with Gasteiger partial charge in [0.2, 0.25) is 5.91 Å². The summed E-state index contributed by atoms with van der Waals surface area (Å²) in [6.45, 7) is 3.80. The molecule has 4 nitrogen and oxygen atoms in total. The highest BCUT2D eigenvalue weighted by Gasteiger charge is 2.37. The van der Waals surface area contributed by atoms with Gasteiger partial charge in [-0.2, -0.15) is 11.8 Å². The van der Waals surface area contributed by atoms with Crippen LogP contribution in [0.1, 0.15) is 39.5 Å². The number of rotatable bonds is 6. The minimum absolute atomic E-state index is 0.0345. The summed E-state index contributed by atoms with van der Waals surface area (Å²) in [5, 5.41) is 11.8. The van der Waals surface area contributed by atoms with Crippen molar-refractivity contribution in [3.05, 3.63) is 0 Å². The van der Waals surface area contributed by atoms with Crippen molar-refractivity contribution in [2.45, 2.75) is 44.3 Å². The molecule has 0 spiro atoms. The lowest BCUT2D eigenvalue weighted by atomic mass is 9.84. The fourth-order valence-electron chi connectivity index (χ4n) is 1.82. The zero-order valence-electron chi connectivity index (χ0n) is 10.7. The molecule has 17 heavy (non-hydrogen) atoms. The van der Waals surface area contributed by atoms with Crippen molar-refractivity contribution in [1.82, 2.24) is 5.32 Å². The third kappa shape index (κ3) is 3.63. The van der Waals surface area contributed by atoms with E-state index in [-0.39, 0.29) is 17.1 Å². The zero-order valence-corrected chi connectivity index (χ0v) is 11.5. The van der Waals surface area contributed by atoms with Gasteiger partial charge in [-0.1, -0.05) is 6.42 Å². The fraction of sp³-hybridized carbons (Fsp3) is 0.833. The number of amides is 1. The maximum absolute atomic E-state index is 11.7. The van der Waals surface area contributed by atoms with Crippen LogP contribution in [-0.4, -0.2) is 34.5 Å². The minimum Gasteiger partial charge on any atom is -0.481 e. The molecule has 1 fully saturated rings.